The highest BCUT2D eigenvalue weighted by Gasteiger charge is 2.30. The first-order valence-electron chi connectivity index (χ1n) is 4.22. The van der Waals surface area contributed by atoms with Gasteiger partial charge in [0.25, 0.3) is 0 Å². The minimum absolute atomic E-state index is 0.322. The molecule has 7 heteroatoms. The predicted octanol–water partition coefficient (Wildman–Crippen LogP) is 3.83. The quantitative estimate of drug-likeness (QED) is 0.719. The second-order valence-electron chi connectivity index (χ2n) is 3.15. The van der Waals surface area contributed by atoms with Crippen LogP contribution >= 0.6 is 23.2 Å². The molecule has 0 saturated heterocycles. The normalized spacial score (nSPS) is 12.6. The maximum Gasteiger partial charge on any atom is 0.417 e. The molecule has 0 saturated carbocycles. The van der Waals surface area contributed by atoms with E-state index >= 15 is 0 Å². The molecule has 0 fully saturated rings. The molecule has 16 heavy (non-hydrogen) atoms. The maximum absolute atomic E-state index is 12.4. The lowest BCUT2D eigenvalue weighted by Gasteiger charge is -2.05. The van der Waals surface area contributed by atoms with Gasteiger partial charge in [-0.25, -0.2) is 4.98 Å². The van der Waals surface area contributed by atoms with Gasteiger partial charge in [-0.2, -0.15) is 13.2 Å². The van der Waals surface area contributed by atoms with Crippen LogP contribution in [0.25, 0.3) is 5.65 Å². The minimum Gasteiger partial charge on any atom is -0.306 e. The van der Waals surface area contributed by atoms with Crippen LogP contribution in [0.3, 0.4) is 0 Å². The number of aromatic nitrogens is 2. The second kappa shape index (κ2) is 3.82. The van der Waals surface area contributed by atoms with E-state index in [1.807, 2.05) is 0 Å². The molecule has 2 aromatic heterocycles. The molecule has 0 bridgehead atoms. The lowest BCUT2D eigenvalue weighted by molar-refractivity contribution is -0.137. The Morgan fingerprint density at radius 2 is 1.88 bits per heavy atom. The van der Waals surface area contributed by atoms with E-state index in [-0.39, 0.29) is 0 Å². The highest BCUT2D eigenvalue weighted by molar-refractivity contribution is 6.43. The van der Waals surface area contributed by atoms with E-state index in [1.165, 1.54) is 16.7 Å². The minimum atomic E-state index is -4.38. The van der Waals surface area contributed by atoms with Crippen LogP contribution in [0.2, 0.25) is 0 Å². The van der Waals surface area contributed by atoms with E-state index in [0.717, 1.165) is 12.3 Å². The van der Waals surface area contributed by atoms with E-state index in [2.05, 4.69) is 4.98 Å². The average Bonchev–Trinajstić information content (AvgIpc) is 2.58. The summed E-state index contributed by atoms with van der Waals surface area (Å²) in [5, 5.41) is 0. The fourth-order valence-corrected chi connectivity index (χ4v) is 1.49. The van der Waals surface area contributed by atoms with Crippen LogP contribution in [0.15, 0.2) is 24.5 Å². The lowest BCUT2D eigenvalue weighted by atomic mass is 10.3. The van der Waals surface area contributed by atoms with Gasteiger partial charge in [0, 0.05) is 12.4 Å². The van der Waals surface area contributed by atoms with Gasteiger partial charge < -0.3 is 4.40 Å². The number of alkyl halides is 5. The van der Waals surface area contributed by atoms with Crippen molar-refractivity contribution in [3.05, 3.63) is 35.8 Å². The predicted molar refractivity (Wildman–Crippen MR) is 54.6 cm³/mol. The van der Waals surface area contributed by atoms with Crippen LogP contribution in [0, 0.1) is 0 Å². The van der Waals surface area contributed by atoms with Crippen LogP contribution in [-0.2, 0) is 6.18 Å². The molecule has 0 unspecified atom stereocenters. The van der Waals surface area contributed by atoms with Crippen molar-refractivity contribution in [2.24, 2.45) is 0 Å². The van der Waals surface area contributed by atoms with E-state index in [0.29, 0.717) is 11.3 Å². The van der Waals surface area contributed by atoms with Gasteiger partial charge in [0.05, 0.1) is 11.3 Å². The smallest absolute Gasteiger partial charge is 0.306 e. The summed E-state index contributed by atoms with van der Waals surface area (Å²) < 4.78 is 38.4. The third-order valence-electron chi connectivity index (χ3n) is 2.02. The fourth-order valence-electron chi connectivity index (χ4n) is 1.28. The Balaban J connectivity index is 2.54. The molecule has 0 amide bonds. The van der Waals surface area contributed by atoms with Gasteiger partial charge >= 0.3 is 6.18 Å². The molecule has 0 aromatic carbocycles. The van der Waals surface area contributed by atoms with Crippen molar-refractivity contribution in [2.45, 2.75) is 11.0 Å². The molecule has 0 atom stereocenters. The molecule has 0 radical (unpaired) electrons. The van der Waals surface area contributed by atoms with Crippen LogP contribution in [-0.4, -0.2) is 9.38 Å². The largest absolute Gasteiger partial charge is 0.417 e. The van der Waals surface area contributed by atoms with Crippen molar-refractivity contribution in [3.63, 3.8) is 0 Å². The first-order valence-corrected chi connectivity index (χ1v) is 5.09. The number of nitrogens with zero attached hydrogens (tertiary/aromatic N) is 2. The van der Waals surface area contributed by atoms with Gasteiger partial charge in [-0.15, -0.1) is 0 Å². The molecular weight excluding hydrogens is 264 g/mol. The number of halogens is 5. The first kappa shape index (κ1) is 11.5. The van der Waals surface area contributed by atoms with Gasteiger partial charge in [-0.05, 0) is 12.1 Å². The second-order valence-corrected chi connectivity index (χ2v) is 4.24. The van der Waals surface area contributed by atoms with Crippen molar-refractivity contribution < 1.29 is 13.2 Å². The highest BCUT2D eigenvalue weighted by atomic mass is 35.5. The molecular formula is C9H5Cl2F3N2. The van der Waals surface area contributed by atoms with Crippen molar-refractivity contribution in [1.29, 1.82) is 0 Å². The van der Waals surface area contributed by atoms with Gasteiger partial charge in [0.2, 0.25) is 0 Å². The Bertz CT molecular complexity index is 519. The first-order chi connectivity index (χ1) is 7.38. The monoisotopic (exact) mass is 268 g/mol. The number of fused-ring (bicyclic) bond motifs is 1. The molecule has 0 aliphatic rings. The van der Waals surface area contributed by atoms with Crippen molar-refractivity contribution in [1.82, 2.24) is 9.38 Å². The van der Waals surface area contributed by atoms with Gasteiger partial charge in [-0.3, -0.25) is 0 Å². The van der Waals surface area contributed by atoms with Crippen molar-refractivity contribution >= 4 is 28.8 Å². The van der Waals surface area contributed by atoms with E-state index in [4.69, 9.17) is 23.2 Å². The van der Waals surface area contributed by atoms with Crippen molar-refractivity contribution in [3.8, 4) is 0 Å². The molecule has 0 aliphatic carbocycles. The number of hydrogen-bond acceptors (Lipinski definition) is 1. The summed E-state index contributed by atoms with van der Waals surface area (Å²) >= 11 is 11.1. The van der Waals surface area contributed by atoms with Crippen LogP contribution in [0.4, 0.5) is 13.2 Å². The number of hydrogen-bond donors (Lipinski definition) is 0. The molecule has 0 spiro atoms. The summed E-state index contributed by atoms with van der Waals surface area (Å²) in [5.41, 5.74) is -0.0541. The third-order valence-corrected chi connectivity index (χ3v) is 2.47. The molecule has 0 N–H and O–H groups in total. The van der Waals surface area contributed by atoms with Gasteiger partial charge in [0.1, 0.15) is 5.65 Å². The third kappa shape index (κ3) is 2.10. The summed E-state index contributed by atoms with van der Waals surface area (Å²) in [6.45, 7) is 0. The summed E-state index contributed by atoms with van der Waals surface area (Å²) in [6, 6.07) is 2.23. The van der Waals surface area contributed by atoms with Gasteiger partial charge in [0.15, 0.2) is 4.84 Å². The number of rotatable bonds is 1. The van der Waals surface area contributed by atoms with Crippen molar-refractivity contribution in [2.75, 3.05) is 0 Å². The van der Waals surface area contributed by atoms with E-state index < -0.39 is 16.6 Å². The molecule has 2 heterocycles. The number of pyridine rings is 1. The standard InChI is InChI=1S/C9H5Cl2F3N2/c10-8(11)6-4-16-3-5(9(12,13)14)1-2-7(16)15-6/h1-4,8H. The van der Waals surface area contributed by atoms with Crippen LogP contribution < -0.4 is 0 Å². The zero-order chi connectivity index (χ0) is 11.9. The molecule has 2 aromatic rings. The van der Waals surface area contributed by atoms with Crippen LogP contribution in [0.1, 0.15) is 16.1 Å². The van der Waals surface area contributed by atoms with E-state index in [9.17, 15) is 13.2 Å². The molecule has 2 rings (SSSR count). The Morgan fingerprint density at radius 3 is 2.44 bits per heavy atom. The Kier molecular flexibility index (Phi) is 2.75. The molecule has 0 aliphatic heterocycles. The summed E-state index contributed by atoms with van der Waals surface area (Å²) in [4.78, 5) is 3.11. The molecule has 2 nitrogen and oxygen atoms in total. The van der Waals surface area contributed by atoms with E-state index in [1.54, 1.807) is 0 Å². The summed E-state index contributed by atoms with van der Waals surface area (Å²) in [7, 11) is 0. The Hall–Kier alpha value is -0.940. The zero-order valence-electron chi connectivity index (χ0n) is 7.67. The lowest BCUT2D eigenvalue weighted by Crippen LogP contribution is -2.05. The SMILES string of the molecule is FC(F)(F)c1ccc2nc(C(Cl)Cl)cn2c1. The number of imidazole rings is 1. The fraction of sp³-hybridized carbons (Fsp3) is 0.222. The Morgan fingerprint density at radius 1 is 1.19 bits per heavy atom. The summed E-state index contributed by atoms with van der Waals surface area (Å²) in [6.07, 6.45) is -2.06. The van der Waals surface area contributed by atoms with Gasteiger partial charge in [-0.1, -0.05) is 23.2 Å². The Labute approximate surface area is 98.6 Å². The molecule has 86 valence electrons. The zero-order valence-corrected chi connectivity index (χ0v) is 9.18. The average molecular weight is 269 g/mol. The maximum atomic E-state index is 12.4. The topological polar surface area (TPSA) is 17.3 Å². The summed E-state index contributed by atoms with van der Waals surface area (Å²) in [5.74, 6) is 0. The highest BCUT2D eigenvalue weighted by Crippen LogP contribution is 2.30. The van der Waals surface area contributed by atoms with Crippen LogP contribution in [0.5, 0.6) is 0 Å².